The SMILES string of the molecule is CS(=O)(=O)Nc1ccc(NCn2nnc3ccc4cccnc4c32)cc1. The van der Waals surface area contributed by atoms with E-state index in [1.54, 1.807) is 35.1 Å². The van der Waals surface area contributed by atoms with Crippen LogP contribution in [0.15, 0.2) is 54.7 Å². The summed E-state index contributed by atoms with van der Waals surface area (Å²) in [5.74, 6) is 0. The van der Waals surface area contributed by atoms with E-state index in [4.69, 9.17) is 0 Å². The van der Waals surface area contributed by atoms with E-state index in [-0.39, 0.29) is 0 Å². The molecular formula is C17H16N6O2S. The highest BCUT2D eigenvalue weighted by atomic mass is 32.2. The zero-order valence-corrected chi connectivity index (χ0v) is 14.7. The van der Waals surface area contributed by atoms with Crippen LogP contribution in [0.5, 0.6) is 0 Å². The smallest absolute Gasteiger partial charge is 0.229 e. The summed E-state index contributed by atoms with van der Waals surface area (Å²) in [6.45, 7) is 0.408. The Bertz CT molecular complexity index is 1190. The van der Waals surface area contributed by atoms with Gasteiger partial charge in [0, 0.05) is 23.0 Å². The summed E-state index contributed by atoms with van der Waals surface area (Å²) < 4.78 is 26.7. The molecule has 0 radical (unpaired) electrons. The predicted molar refractivity (Wildman–Crippen MR) is 101 cm³/mol. The fourth-order valence-electron chi connectivity index (χ4n) is 2.75. The lowest BCUT2D eigenvalue weighted by molar-refractivity contribution is 0.607. The van der Waals surface area contributed by atoms with Gasteiger partial charge < -0.3 is 5.32 Å². The molecule has 0 fully saturated rings. The summed E-state index contributed by atoms with van der Waals surface area (Å²) in [7, 11) is -3.28. The molecule has 8 nitrogen and oxygen atoms in total. The molecule has 0 saturated carbocycles. The minimum absolute atomic E-state index is 0.408. The molecule has 4 aromatic rings. The van der Waals surface area contributed by atoms with E-state index in [9.17, 15) is 8.42 Å². The molecule has 0 saturated heterocycles. The Morgan fingerprint density at radius 3 is 2.58 bits per heavy atom. The third-order valence-corrected chi connectivity index (χ3v) is 4.47. The molecule has 9 heteroatoms. The van der Waals surface area contributed by atoms with Crippen molar-refractivity contribution < 1.29 is 8.42 Å². The second-order valence-corrected chi connectivity index (χ2v) is 7.63. The van der Waals surface area contributed by atoms with Gasteiger partial charge in [-0.05, 0) is 36.4 Å². The molecule has 4 rings (SSSR count). The van der Waals surface area contributed by atoms with Gasteiger partial charge in [-0.15, -0.1) is 5.10 Å². The van der Waals surface area contributed by atoms with Crippen LogP contribution in [0, 0.1) is 0 Å². The lowest BCUT2D eigenvalue weighted by atomic mass is 10.2. The van der Waals surface area contributed by atoms with Gasteiger partial charge in [0.1, 0.15) is 17.7 Å². The summed E-state index contributed by atoms with van der Waals surface area (Å²) >= 11 is 0. The van der Waals surface area contributed by atoms with Crippen molar-refractivity contribution in [1.82, 2.24) is 20.0 Å². The molecule has 26 heavy (non-hydrogen) atoms. The molecule has 0 amide bonds. The predicted octanol–water partition coefficient (Wildman–Crippen LogP) is 2.42. The van der Waals surface area contributed by atoms with Crippen molar-refractivity contribution in [3.63, 3.8) is 0 Å². The number of pyridine rings is 1. The highest BCUT2D eigenvalue weighted by Crippen LogP contribution is 2.22. The fourth-order valence-corrected chi connectivity index (χ4v) is 3.31. The van der Waals surface area contributed by atoms with Gasteiger partial charge in [0.25, 0.3) is 0 Å². The number of nitrogens with one attached hydrogen (secondary N) is 2. The molecule has 0 bridgehead atoms. The topological polar surface area (TPSA) is 102 Å². The first kappa shape index (κ1) is 16.3. The summed E-state index contributed by atoms with van der Waals surface area (Å²) in [6, 6.07) is 14.8. The van der Waals surface area contributed by atoms with Crippen LogP contribution < -0.4 is 10.0 Å². The number of nitrogens with zero attached hydrogens (tertiary/aromatic N) is 4. The molecule has 0 atom stereocenters. The Balaban J connectivity index is 1.57. The van der Waals surface area contributed by atoms with E-state index in [1.165, 1.54) is 0 Å². The molecule has 2 heterocycles. The third kappa shape index (κ3) is 3.29. The van der Waals surface area contributed by atoms with Gasteiger partial charge in [-0.1, -0.05) is 17.3 Å². The number of rotatable bonds is 5. The zero-order valence-electron chi connectivity index (χ0n) is 13.9. The maximum absolute atomic E-state index is 11.2. The van der Waals surface area contributed by atoms with E-state index in [1.807, 2.05) is 24.3 Å². The Labute approximate surface area is 149 Å². The van der Waals surface area contributed by atoms with Crippen LogP contribution in [0.2, 0.25) is 0 Å². The normalized spacial score (nSPS) is 11.7. The largest absolute Gasteiger partial charge is 0.366 e. The Morgan fingerprint density at radius 1 is 1.04 bits per heavy atom. The van der Waals surface area contributed by atoms with Gasteiger partial charge in [0.05, 0.1) is 11.8 Å². The van der Waals surface area contributed by atoms with Crippen molar-refractivity contribution in [1.29, 1.82) is 0 Å². The van der Waals surface area contributed by atoms with Gasteiger partial charge in [-0.3, -0.25) is 9.71 Å². The minimum atomic E-state index is -3.28. The number of aromatic nitrogens is 4. The minimum Gasteiger partial charge on any atom is -0.366 e. The van der Waals surface area contributed by atoms with Gasteiger partial charge >= 0.3 is 0 Å². The molecule has 2 aromatic heterocycles. The maximum Gasteiger partial charge on any atom is 0.229 e. The number of benzene rings is 2. The maximum atomic E-state index is 11.2. The third-order valence-electron chi connectivity index (χ3n) is 3.87. The van der Waals surface area contributed by atoms with Gasteiger partial charge in [0.15, 0.2) is 0 Å². The number of sulfonamides is 1. The highest BCUT2D eigenvalue weighted by Gasteiger charge is 2.09. The van der Waals surface area contributed by atoms with E-state index in [0.717, 1.165) is 33.9 Å². The molecular weight excluding hydrogens is 352 g/mol. The fraction of sp³-hybridized carbons (Fsp3) is 0.118. The summed E-state index contributed by atoms with van der Waals surface area (Å²) in [5, 5.41) is 12.7. The monoisotopic (exact) mass is 368 g/mol. The quantitative estimate of drug-likeness (QED) is 0.561. The van der Waals surface area contributed by atoms with Crippen molar-refractivity contribution in [2.24, 2.45) is 0 Å². The van der Waals surface area contributed by atoms with Gasteiger partial charge in [0.2, 0.25) is 10.0 Å². The van der Waals surface area contributed by atoms with Crippen molar-refractivity contribution in [3.05, 3.63) is 54.7 Å². The van der Waals surface area contributed by atoms with Crippen LogP contribution in [0.3, 0.4) is 0 Å². The molecule has 0 aliphatic rings. The number of hydrogen-bond acceptors (Lipinski definition) is 6. The molecule has 0 unspecified atom stereocenters. The summed E-state index contributed by atoms with van der Waals surface area (Å²) in [4.78, 5) is 4.45. The molecule has 0 aliphatic carbocycles. The van der Waals surface area contributed by atoms with Crippen LogP contribution in [0.4, 0.5) is 11.4 Å². The van der Waals surface area contributed by atoms with Crippen LogP contribution in [0.25, 0.3) is 21.9 Å². The lowest BCUT2D eigenvalue weighted by Gasteiger charge is -2.09. The second-order valence-electron chi connectivity index (χ2n) is 5.88. The van der Waals surface area contributed by atoms with Gasteiger partial charge in [-0.2, -0.15) is 0 Å². The van der Waals surface area contributed by atoms with Crippen LogP contribution >= 0.6 is 0 Å². The standard InChI is InChI=1S/C17H16N6O2S/c1-26(24,25)21-14-7-5-13(6-8-14)19-11-23-17-15(20-22-23)9-4-12-3-2-10-18-16(12)17/h2-10,19,21H,11H2,1H3. The van der Waals surface area contributed by atoms with Crippen molar-refractivity contribution >= 4 is 43.3 Å². The average molecular weight is 368 g/mol. The van der Waals surface area contributed by atoms with Crippen molar-refractivity contribution in [2.75, 3.05) is 16.3 Å². The molecule has 2 aromatic carbocycles. The Kier molecular flexibility index (Phi) is 3.92. The lowest BCUT2D eigenvalue weighted by Crippen LogP contribution is -2.11. The molecule has 2 N–H and O–H groups in total. The average Bonchev–Trinajstić information content (AvgIpc) is 3.03. The zero-order chi connectivity index (χ0) is 18.1. The van der Waals surface area contributed by atoms with E-state index < -0.39 is 10.0 Å². The van der Waals surface area contributed by atoms with Crippen LogP contribution in [0.1, 0.15) is 0 Å². The molecule has 132 valence electrons. The summed E-state index contributed by atoms with van der Waals surface area (Å²) in [5.41, 5.74) is 3.85. The van der Waals surface area contributed by atoms with E-state index >= 15 is 0 Å². The first-order valence-electron chi connectivity index (χ1n) is 7.88. The summed E-state index contributed by atoms with van der Waals surface area (Å²) in [6.07, 6.45) is 2.87. The second kappa shape index (κ2) is 6.26. The van der Waals surface area contributed by atoms with Gasteiger partial charge in [-0.25, -0.2) is 13.1 Å². The van der Waals surface area contributed by atoms with E-state index in [0.29, 0.717) is 12.4 Å². The first-order valence-corrected chi connectivity index (χ1v) is 9.77. The Hall–Kier alpha value is -3.20. The number of hydrogen-bond donors (Lipinski definition) is 2. The van der Waals surface area contributed by atoms with E-state index in [2.05, 4.69) is 25.3 Å². The van der Waals surface area contributed by atoms with Crippen molar-refractivity contribution in [3.8, 4) is 0 Å². The van der Waals surface area contributed by atoms with Crippen LogP contribution in [-0.2, 0) is 16.7 Å². The molecule has 0 aliphatic heterocycles. The van der Waals surface area contributed by atoms with Crippen molar-refractivity contribution in [2.45, 2.75) is 6.67 Å². The van der Waals surface area contributed by atoms with Crippen LogP contribution in [-0.4, -0.2) is 34.7 Å². The molecule has 0 spiro atoms. The number of fused-ring (bicyclic) bond motifs is 3. The highest BCUT2D eigenvalue weighted by molar-refractivity contribution is 7.92. The Morgan fingerprint density at radius 2 is 1.81 bits per heavy atom. The number of anilines is 2. The first-order chi connectivity index (χ1) is 12.5.